The fraction of sp³-hybridized carbons (Fsp3) is 0.176. The van der Waals surface area contributed by atoms with Gasteiger partial charge in [0.1, 0.15) is 12.3 Å². The smallest absolute Gasteiger partial charge is 0.267 e. The Kier molecular flexibility index (Phi) is 4.89. The summed E-state index contributed by atoms with van der Waals surface area (Å²) in [4.78, 5) is 24.3. The van der Waals surface area contributed by atoms with Gasteiger partial charge in [-0.2, -0.15) is 5.10 Å². The lowest BCUT2D eigenvalue weighted by atomic mass is 10.3. The van der Waals surface area contributed by atoms with Gasteiger partial charge in [-0.15, -0.1) is 5.10 Å². The number of benzene rings is 1. The predicted octanol–water partition coefficient (Wildman–Crippen LogP) is 1.47. The molecule has 25 heavy (non-hydrogen) atoms. The summed E-state index contributed by atoms with van der Waals surface area (Å²) < 4.78 is 8.07. The lowest BCUT2D eigenvalue weighted by molar-refractivity contribution is -0.117. The van der Waals surface area contributed by atoms with Crippen molar-refractivity contribution >= 4 is 11.6 Å². The zero-order chi connectivity index (χ0) is 17.6. The fourth-order valence-corrected chi connectivity index (χ4v) is 2.25. The molecule has 8 heteroatoms. The first kappa shape index (κ1) is 16.4. The Bertz CT molecular complexity index is 918. The second-order valence-corrected chi connectivity index (χ2v) is 5.12. The number of hydrogen-bond donors (Lipinski definition) is 1. The van der Waals surface area contributed by atoms with E-state index in [2.05, 4.69) is 15.5 Å². The average Bonchev–Trinajstić information content (AvgIpc) is 3.13. The summed E-state index contributed by atoms with van der Waals surface area (Å²) in [6.45, 7) is 2.14. The number of anilines is 1. The van der Waals surface area contributed by atoms with Crippen molar-refractivity contribution < 1.29 is 9.53 Å². The third-order valence-electron chi connectivity index (χ3n) is 3.35. The van der Waals surface area contributed by atoms with Crippen molar-refractivity contribution in [3.05, 3.63) is 65.2 Å². The number of nitrogens with one attached hydrogen (secondary N) is 1. The molecule has 0 spiro atoms. The van der Waals surface area contributed by atoms with E-state index in [1.807, 2.05) is 13.0 Å². The van der Waals surface area contributed by atoms with Gasteiger partial charge in [0.25, 0.3) is 5.56 Å². The molecule has 1 aromatic carbocycles. The summed E-state index contributed by atoms with van der Waals surface area (Å²) in [6.07, 6.45) is 3.31. The van der Waals surface area contributed by atoms with Crippen molar-refractivity contribution in [1.82, 2.24) is 19.6 Å². The molecule has 0 fully saturated rings. The Morgan fingerprint density at radius 2 is 2.04 bits per heavy atom. The van der Waals surface area contributed by atoms with Gasteiger partial charge in [0.05, 0.1) is 12.3 Å². The summed E-state index contributed by atoms with van der Waals surface area (Å²) >= 11 is 0. The van der Waals surface area contributed by atoms with Crippen LogP contribution in [0.3, 0.4) is 0 Å². The first-order chi connectivity index (χ1) is 12.2. The molecule has 0 unspecified atom stereocenters. The quantitative estimate of drug-likeness (QED) is 0.734. The Labute approximate surface area is 143 Å². The summed E-state index contributed by atoms with van der Waals surface area (Å²) in [5.41, 5.74) is 0.176. The second kappa shape index (κ2) is 7.43. The number of para-hydroxylation sites is 2. The van der Waals surface area contributed by atoms with E-state index in [1.54, 1.807) is 42.7 Å². The molecule has 8 nitrogen and oxygen atoms in total. The van der Waals surface area contributed by atoms with E-state index >= 15 is 0 Å². The highest BCUT2D eigenvalue weighted by Gasteiger charge is 2.10. The highest BCUT2D eigenvalue weighted by atomic mass is 16.5. The summed E-state index contributed by atoms with van der Waals surface area (Å²) in [7, 11) is 0. The molecule has 0 atom stereocenters. The highest BCUT2D eigenvalue weighted by molar-refractivity contribution is 5.92. The topological polar surface area (TPSA) is 91.0 Å². The van der Waals surface area contributed by atoms with Gasteiger partial charge in [0.15, 0.2) is 5.82 Å². The van der Waals surface area contributed by atoms with Crippen molar-refractivity contribution in [1.29, 1.82) is 0 Å². The van der Waals surface area contributed by atoms with Crippen molar-refractivity contribution in [2.45, 2.75) is 13.5 Å². The maximum atomic E-state index is 12.3. The van der Waals surface area contributed by atoms with E-state index in [4.69, 9.17) is 4.74 Å². The molecular formula is C17H17N5O3. The number of hydrogen-bond acceptors (Lipinski definition) is 5. The SMILES string of the molecule is CCOc1ccccc1NC(=O)Cn1nc(-n2cccn2)ccc1=O. The number of carbonyl (C=O) groups excluding carboxylic acids is 1. The molecule has 0 saturated heterocycles. The van der Waals surface area contributed by atoms with Gasteiger partial charge in [-0.25, -0.2) is 9.36 Å². The highest BCUT2D eigenvalue weighted by Crippen LogP contribution is 2.23. The van der Waals surface area contributed by atoms with E-state index in [0.717, 1.165) is 4.68 Å². The molecule has 0 radical (unpaired) electrons. The molecule has 0 bridgehead atoms. The van der Waals surface area contributed by atoms with E-state index < -0.39 is 0 Å². The van der Waals surface area contributed by atoms with E-state index in [1.165, 1.54) is 10.7 Å². The van der Waals surface area contributed by atoms with Crippen LogP contribution in [0, 0.1) is 0 Å². The van der Waals surface area contributed by atoms with Crippen LogP contribution in [0.5, 0.6) is 5.75 Å². The summed E-state index contributed by atoms with van der Waals surface area (Å²) in [5, 5.41) is 11.0. The van der Waals surface area contributed by atoms with Gasteiger partial charge in [-0.3, -0.25) is 9.59 Å². The van der Waals surface area contributed by atoms with Gasteiger partial charge in [0, 0.05) is 18.5 Å². The molecule has 1 N–H and O–H groups in total. The number of nitrogens with zero attached hydrogens (tertiary/aromatic N) is 4. The van der Waals surface area contributed by atoms with Crippen LogP contribution >= 0.6 is 0 Å². The van der Waals surface area contributed by atoms with Crippen molar-refractivity contribution in [2.24, 2.45) is 0 Å². The number of rotatable bonds is 6. The van der Waals surface area contributed by atoms with Crippen molar-refractivity contribution in [3.8, 4) is 11.6 Å². The van der Waals surface area contributed by atoms with E-state index in [0.29, 0.717) is 23.9 Å². The van der Waals surface area contributed by atoms with Crippen LogP contribution in [-0.4, -0.2) is 32.1 Å². The van der Waals surface area contributed by atoms with Crippen LogP contribution in [0.25, 0.3) is 5.82 Å². The first-order valence-electron chi connectivity index (χ1n) is 7.77. The first-order valence-corrected chi connectivity index (χ1v) is 7.77. The maximum Gasteiger partial charge on any atom is 0.267 e. The molecule has 3 rings (SSSR count). The monoisotopic (exact) mass is 339 g/mol. The third kappa shape index (κ3) is 3.92. The zero-order valence-electron chi connectivity index (χ0n) is 13.6. The molecular weight excluding hydrogens is 322 g/mol. The number of ether oxygens (including phenoxy) is 1. The fourth-order valence-electron chi connectivity index (χ4n) is 2.25. The van der Waals surface area contributed by atoms with Crippen LogP contribution in [0.2, 0.25) is 0 Å². The van der Waals surface area contributed by atoms with Crippen LogP contribution in [0.1, 0.15) is 6.92 Å². The molecule has 3 aromatic rings. The van der Waals surface area contributed by atoms with Crippen molar-refractivity contribution in [2.75, 3.05) is 11.9 Å². The number of aromatic nitrogens is 4. The van der Waals surface area contributed by atoms with Crippen LogP contribution in [0.4, 0.5) is 5.69 Å². The molecule has 0 aliphatic rings. The Hall–Kier alpha value is -3.42. The largest absolute Gasteiger partial charge is 0.492 e. The van der Waals surface area contributed by atoms with Gasteiger partial charge < -0.3 is 10.1 Å². The van der Waals surface area contributed by atoms with Gasteiger partial charge >= 0.3 is 0 Å². The minimum Gasteiger partial charge on any atom is -0.492 e. The zero-order valence-corrected chi connectivity index (χ0v) is 13.6. The van der Waals surface area contributed by atoms with Gasteiger partial charge in [0.2, 0.25) is 5.91 Å². The van der Waals surface area contributed by atoms with Crippen molar-refractivity contribution in [3.63, 3.8) is 0 Å². The molecule has 1 amide bonds. The normalized spacial score (nSPS) is 10.4. The number of amides is 1. The molecule has 0 aliphatic heterocycles. The number of carbonyl (C=O) groups is 1. The molecule has 2 heterocycles. The van der Waals surface area contributed by atoms with Crippen LogP contribution in [0.15, 0.2) is 59.7 Å². The molecule has 2 aromatic heterocycles. The molecule has 0 saturated carbocycles. The van der Waals surface area contributed by atoms with E-state index in [-0.39, 0.29) is 18.0 Å². The second-order valence-electron chi connectivity index (χ2n) is 5.12. The predicted molar refractivity (Wildman–Crippen MR) is 91.9 cm³/mol. The molecule has 128 valence electrons. The van der Waals surface area contributed by atoms with Crippen LogP contribution in [-0.2, 0) is 11.3 Å². The Balaban J connectivity index is 1.77. The standard InChI is InChI=1S/C17H17N5O3/c1-2-25-14-7-4-3-6-13(14)19-16(23)12-22-17(24)9-8-15(20-22)21-11-5-10-18-21/h3-11H,2,12H2,1H3,(H,19,23). The lowest BCUT2D eigenvalue weighted by Crippen LogP contribution is -2.30. The summed E-state index contributed by atoms with van der Waals surface area (Å²) in [5.74, 6) is 0.649. The maximum absolute atomic E-state index is 12.3. The summed E-state index contributed by atoms with van der Waals surface area (Å²) in [6, 6.07) is 11.8. The van der Waals surface area contributed by atoms with Gasteiger partial charge in [-0.05, 0) is 31.2 Å². The van der Waals surface area contributed by atoms with E-state index in [9.17, 15) is 9.59 Å². The Morgan fingerprint density at radius 1 is 1.20 bits per heavy atom. The lowest BCUT2D eigenvalue weighted by Gasteiger charge is -2.12. The molecule has 0 aliphatic carbocycles. The van der Waals surface area contributed by atoms with Gasteiger partial charge in [-0.1, -0.05) is 12.1 Å². The average molecular weight is 339 g/mol. The van der Waals surface area contributed by atoms with Crippen LogP contribution < -0.4 is 15.6 Å². The minimum absolute atomic E-state index is 0.214. The Morgan fingerprint density at radius 3 is 2.80 bits per heavy atom. The third-order valence-corrected chi connectivity index (χ3v) is 3.35. The minimum atomic E-state index is -0.376.